The highest BCUT2D eigenvalue weighted by molar-refractivity contribution is 5.15. The molecule has 0 unspecified atom stereocenters. The number of hydrogen-bond acceptors (Lipinski definition) is 4. The molecule has 1 aliphatic heterocycles. The number of aromatic nitrogens is 3. The normalized spacial score (nSPS) is 22.3. The molecule has 0 aliphatic carbocycles. The van der Waals surface area contributed by atoms with Crippen LogP contribution in [0.4, 0.5) is 0 Å². The molecule has 2 aromatic heterocycles. The van der Waals surface area contributed by atoms with E-state index in [0.29, 0.717) is 6.04 Å². The Morgan fingerprint density at radius 1 is 1.36 bits per heavy atom. The Balaban J connectivity index is 1.72. The monoisotopic (exact) mass is 300 g/mol. The number of rotatable bonds is 5. The van der Waals surface area contributed by atoms with E-state index in [-0.39, 0.29) is 6.10 Å². The van der Waals surface area contributed by atoms with Gasteiger partial charge >= 0.3 is 0 Å². The zero-order chi connectivity index (χ0) is 15.5. The molecule has 1 N–H and O–H groups in total. The Labute approximate surface area is 131 Å². The van der Waals surface area contributed by atoms with Crippen LogP contribution in [0.25, 0.3) is 0 Å². The molecule has 118 valence electrons. The van der Waals surface area contributed by atoms with E-state index in [1.807, 2.05) is 18.3 Å². The minimum Gasteiger partial charge on any atom is -0.380 e. The maximum atomic E-state index is 5.58. The van der Waals surface area contributed by atoms with E-state index in [1.165, 1.54) is 0 Å². The van der Waals surface area contributed by atoms with Crippen LogP contribution in [0.15, 0.2) is 24.4 Å². The van der Waals surface area contributed by atoms with Crippen LogP contribution >= 0.6 is 0 Å². The van der Waals surface area contributed by atoms with E-state index in [2.05, 4.69) is 34.8 Å². The van der Waals surface area contributed by atoms with Gasteiger partial charge in [-0.25, -0.2) is 4.98 Å². The number of imidazole rings is 1. The molecule has 3 rings (SSSR count). The standard InChI is InChI=1S/C17H24N4O/c1-12-13(2)20-17(19-12)16-10-15(22-3)11-21(16)9-7-14-6-4-5-8-18-14/h4-6,8,15-16H,7,9-11H2,1-3H3,(H,19,20)/t15-,16+/m1/s1. The van der Waals surface area contributed by atoms with Gasteiger partial charge in [-0.05, 0) is 32.4 Å². The smallest absolute Gasteiger partial charge is 0.124 e. The predicted molar refractivity (Wildman–Crippen MR) is 85.7 cm³/mol. The van der Waals surface area contributed by atoms with Crippen molar-refractivity contribution in [3.63, 3.8) is 0 Å². The molecule has 1 aliphatic rings. The topological polar surface area (TPSA) is 54.0 Å². The molecule has 22 heavy (non-hydrogen) atoms. The van der Waals surface area contributed by atoms with Crippen molar-refractivity contribution >= 4 is 0 Å². The van der Waals surface area contributed by atoms with E-state index in [1.54, 1.807) is 7.11 Å². The van der Waals surface area contributed by atoms with Crippen LogP contribution in [-0.2, 0) is 11.2 Å². The first-order valence-electron chi connectivity index (χ1n) is 7.87. The van der Waals surface area contributed by atoms with E-state index in [0.717, 1.165) is 48.8 Å². The van der Waals surface area contributed by atoms with Gasteiger partial charge in [-0.15, -0.1) is 0 Å². The number of aromatic amines is 1. The summed E-state index contributed by atoms with van der Waals surface area (Å²) in [5.74, 6) is 1.07. The first-order valence-corrected chi connectivity index (χ1v) is 7.87. The predicted octanol–water partition coefficient (Wildman–Crippen LogP) is 2.43. The molecule has 0 spiro atoms. The average molecular weight is 300 g/mol. The van der Waals surface area contributed by atoms with E-state index >= 15 is 0 Å². The molecule has 0 saturated carbocycles. The maximum absolute atomic E-state index is 5.58. The third-order valence-corrected chi connectivity index (χ3v) is 4.54. The second kappa shape index (κ2) is 6.58. The summed E-state index contributed by atoms with van der Waals surface area (Å²) in [6.45, 7) is 6.05. The molecule has 3 heterocycles. The van der Waals surface area contributed by atoms with Crippen molar-refractivity contribution in [3.05, 3.63) is 47.3 Å². The molecule has 2 atom stereocenters. The van der Waals surface area contributed by atoms with Crippen molar-refractivity contribution in [2.24, 2.45) is 0 Å². The van der Waals surface area contributed by atoms with E-state index in [4.69, 9.17) is 9.72 Å². The Bertz CT molecular complexity index is 591. The zero-order valence-electron chi connectivity index (χ0n) is 13.5. The molecule has 0 amide bonds. The minimum atomic E-state index is 0.277. The largest absolute Gasteiger partial charge is 0.380 e. The molecule has 5 heteroatoms. The fourth-order valence-corrected chi connectivity index (χ4v) is 3.10. The van der Waals surface area contributed by atoms with Crippen LogP contribution in [0.3, 0.4) is 0 Å². The van der Waals surface area contributed by atoms with E-state index < -0.39 is 0 Å². The minimum absolute atomic E-state index is 0.277. The number of methoxy groups -OCH3 is 1. The van der Waals surface area contributed by atoms with Crippen LogP contribution in [-0.4, -0.2) is 46.2 Å². The number of aryl methyl sites for hydroxylation is 2. The summed E-state index contributed by atoms with van der Waals surface area (Å²) in [4.78, 5) is 15.0. The van der Waals surface area contributed by atoms with Gasteiger partial charge in [0.15, 0.2) is 0 Å². The Morgan fingerprint density at radius 3 is 2.86 bits per heavy atom. The molecule has 0 radical (unpaired) electrons. The lowest BCUT2D eigenvalue weighted by molar-refractivity contribution is 0.108. The molecular formula is C17H24N4O. The van der Waals surface area contributed by atoms with Gasteiger partial charge in [0.05, 0.1) is 17.8 Å². The van der Waals surface area contributed by atoms with Crippen LogP contribution in [0.5, 0.6) is 0 Å². The number of likely N-dealkylation sites (tertiary alicyclic amines) is 1. The summed E-state index contributed by atoms with van der Waals surface area (Å²) in [5, 5.41) is 0. The van der Waals surface area contributed by atoms with Gasteiger partial charge in [0.1, 0.15) is 5.82 Å². The molecule has 5 nitrogen and oxygen atoms in total. The molecule has 1 fully saturated rings. The van der Waals surface area contributed by atoms with Crippen molar-refractivity contribution in [3.8, 4) is 0 Å². The third-order valence-electron chi connectivity index (χ3n) is 4.54. The van der Waals surface area contributed by atoms with Crippen molar-refractivity contribution < 1.29 is 4.74 Å². The fraction of sp³-hybridized carbons (Fsp3) is 0.529. The summed E-state index contributed by atoms with van der Waals surface area (Å²) in [6.07, 6.45) is 4.07. The number of hydrogen-bond donors (Lipinski definition) is 1. The number of nitrogens with one attached hydrogen (secondary N) is 1. The van der Waals surface area contributed by atoms with Gasteiger partial charge in [-0.1, -0.05) is 6.07 Å². The summed E-state index contributed by atoms with van der Waals surface area (Å²) >= 11 is 0. The van der Waals surface area contributed by atoms with Gasteiger partial charge in [0.25, 0.3) is 0 Å². The van der Waals surface area contributed by atoms with Gasteiger partial charge in [-0.3, -0.25) is 9.88 Å². The van der Waals surface area contributed by atoms with E-state index in [9.17, 15) is 0 Å². The summed E-state index contributed by atoms with van der Waals surface area (Å²) in [6, 6.07) is 6.39. The van der Waals surface area contributed by atoms with Crippen LogP contribution in [0, 0.1) is 13.8 Å². The second-order valence-corrected chi connectivity index (χ2v) is 6.01. The molecule has 0 aromatic carbocycles. The Hall–Kier alpha value is -1.72. The third kappa shape index (κ3) is 3.20. The first kappa shape index (κ1) is 15.2. The number of H-pyrrole nitrogens is 1. The van der Waals surface area contributed by atoms with Crippen molar-refractivity contribution in [2.45, 2.75) is 38.8 Å². The van der Waals surface area contributed by atoms with Gasteiger partial charge in [0, 0.05) is 44.2 Å². The van der Waals surface area contributed by atoms with Crippen LogP contribution in [0.2, 0.25) is 0 Å². The fourth-order valence-electron chi connectivity index (χ4n) is 3.10. The van der Waals surface area contributed by atoms with Gasteiger partial charge in [-0.2, -0.15) is 0 Å². The molecule has 2 aromatic rings. The highest BCUT2D eigenvalue weighted by Gasteiger charge is 2.34. The molecular weight excluding hydrogens is 276 g/mol. The molecule has 1 saturated heterocycles. The summed E-state index contributed by atoms with van der Waals surface area (Å²) in [5.41, 5.74) is 3.37. The van der Waals surface area contributed by atoms with Crippen molar-refractivity contribution in [1.82, 2.24) is 19.9 Å². The Morgan fingerprint density at radius 2 is 2.23 bits per heavy atom. The highest BCUT2D eigenvalue weighted by Crippen LogP contribution is 2.32. The highest BCUT2D eigenvalue weighted by atomic mass is 16.5. The lowest BCUT2D eigenvalue weighted by Gasteiger charge is -2.22. The second-order valence-electron chi connectivity index (χ2n) is 6.01. The summed E-state index contributed by atoms with van der Waals surface area (Å²) in [7, 11) is 1.79. The number of pyridine rings is 1. The number of ether oxygens (including phenoxy) is 1. The van der Waals surface area contributed by atoms with Crippen LogP contribution in [0.1, 0.15) is 35.4 Å². The summed E-state index contributed by atoms with van der Waals surface area (Å²) < 4.78 is 5.58. The number of nitrogens with zero attached hydrogens (tertiary/aromatic N) is 3. The van der Waals surface area contributed by atoms with Crippen LogP contribution < -0.4 is 0 Å². The quantitative estimate of drug-likeness (QED) is 0.921. The van der Waals surface area contributed by atoms with Crippen molar-refractivity contribution in [1.29, 1.82) is 0 Å². The zero-order valence-corrected chi connectivity index (χ0v) is 13.5. The van der Waals surface area contributed by atoms with Crippen molar-refractivity contribution in [2.75, 3.05) is 20.2 Å². The first-order chi connectivity index (χ1) is 10.7. The van der Waals surface area contributed by atoms with Gasteiger partial charge in [0.2, 0.25) is 0 Å². The lowest BCUT2D eigenvalue weighted by Crippen LogP contribution is -2.28. The SMILES string of the molecule is CO[C@@H]1C[C@@H](c2nc(C)c(C)[nH]2)N(CCc2ccccn2)C1. The maximum Gasteiger partial charge on any atom is 0.124 e. The Kier molecular flexibility index (Phi) is 4.55. The average Bonchev–Trinajstić information content (AvgIpc) is 3.10. The molecule has 0 bridgehead atoms. The van der Waals surface area contributed by atoms with Gasteiger partial charge < -0.3 is 9.72 Å². The lowest BCUT2D eigenvalue weighted by atomic mass is 10.2.